The van der Waals surface area contributed by atoms with Gasteiger partial charge in [-0.15, -0.1) is 0 Å². The van der Waals surface area contributed by atoms with E-state index in [2.05, 4.69) is 26.1 Å². The molecular formula is C19H16BrN3O3. The van der Waals surface area contributed by atoms with Gasteiger partial charge in [0, 0.05) is 22.1 Å². The summed E-state index contributed by atoms with van der Waals surface area (Å²) in [5, 5.41) is 26.8. The minimum absolute atomic E-state index is 0.101. The Bertz CT molecular complexity index is 968. The van der Waals surface area contributed by atoms with Gasteiger partial charge in [-0.25, -0.2) is 0 Å². The van der Waals surface area contributed by atoms with E-state index in [1.54, 1.807) is 23.1 Å². The van der Waals surface area contributed by atoms with Gasteiger partial charge in [0.05, 0.1) is 12.6 Å². The van der Waals surface area contributed by atoms with Crippen LogP contribution in [-0.2, 0) is 0 Å². The molecule has 1 aromatic heterocycles. The average molecular weight is 414 g/mol. The number of aromatic amines is 1. The van der Waals surface area contributed by atoms with Gasteiger partial charge < -0.3 is 15.1 Å². The van der Waals surface area contributed by atoms with Gasteiger partial charge in [-0.1, -0.05) is 40.2 Å². The number of aliphatic hydroxyl groups excluding tert-OH is 1. The number of H-pyrrole nitrogens is 1. The molecule has 0 saturated carbocycles. The van der Waals surface area contributed by atoms with Crippen LogP contribution in [0.15, 0.2) is 53.0 Å². The van der Waals surface area contributed by atoms with Crippen LogP contribution < -0.4 is 0 Å². The first-order valence-corrected chi connectivity index (χ1v) is 8.95. The van der Waals surface area contributed by atoms with Crippen LogP contribution in [-0.4, -0.2) is 44.4 Å². The Morgan fingerprint density at radius 1 is 1.15 bits per heavy atom. The van der Waals surface area contributed by atoms with Crippen LogP contribution in [0, 0.1) is 0 Å². The highest BCUT2D eigenvalue weighted by Gasteiger charge is 2.42. The van der Waals surface area contributed by atoms with E-state index in [-0.39, 0.29) is 30.9 Å². The molecule has 1 aliphatic rings. The Morgan fingerprint density at radius 2 is 1.88 bits per heavy atom. The number of para-hydroxylation sites is 1. The molecule has 1 unspecified atom stereocenters. The monoisotopic (exact) mass is 413 g/mol. The number of aliphatic hydroxyl groups is 1. The predicted octanol–water partition coefficient (Wildman–Crippen LogP) is 3.08. The number of hydrogen-bond donors (Lipinski definition) is 3. The molecule has 1 aliphatic heterocycles. The Labute approximate surface area is 158 Å². The molecule has 0 spiro atoms. The molecule has 6 nitrogen and oxygen atoms in total. The van der Waals surface area contributed by atoms with Gasteiger partial charge in [0.15, 0.2) is 0 Å². The van der Waals surface area contributed by atoms with Crippen molar-refractivity contribution in [1.82, 2.24) is 15.1 Å². The average Bonchev–Trinajstić information content (AvgIpc) is 3.17. The van der Waals surface area contributed by atoms with Crippen LogP contribution >= 0.6 is 15.9 Å². The number of rotatable bonds is 4. The van der Waals surface area contributed by atoms with Crippen molar-refractivity contribution in [3.05, 3.63) is 69.8 Å². The van der Waals surface area contributed by atoms with Crippen LogP contribution in [0.5, 0.6) is 5.75 Å². The quantitative estimate of drug-likeness (QED) is 0.612. The molecule has 0 radical (unpaired) electrons. The smallest absolute Gasteiger partial charge is 0.273 e. The van der Waals surface area contributed by atoms with Crippen molar-refractivity contribution in [1.29, 1.82) is 0 Å². The molecule has 0 fully saturated rings. The molecular weight excluding hydrogens is 398 g/mol. The van der Waals surface area contributed by atoms with Crippen LogP contribution in [0.4, 0.5) is 0 Å². The third kappa shape index (κ3) is 2.60. The summed E-state index contributed by atoms with van der Waals surface area (Å²) in [6, 6.07) is 14.2. The SMILES string of the molecule is O=C1c2[nH]nc(-c3ccccc3O)c2C(c2ccc(Br)cc2)N1CCO. The van der Waals surface area contributed by atoms with Crippen molar-refractivity contribution in [3.8, 4) is 17.0 Å². The number of phenols is 1. The van der Waals surface area contributed by atoms with E-state index in [0.29, 0.717) is 22.5 Å². The molecule has 0 bridgehead atoms. The van der Waals surface area contributed by atoms with E-state index in [1.165, 1.54) is 0 Å². The molecule has 1 amide bonds. The number of nitrogens with zero attached hydrogens (tertiary/aromatic N) is 2. The molecule has 132 valence electrons. The Balaban J connectivity index is 1.91. The van der Waals surface area contributed by atoms with Crippen molar-refractivity contribution in [2.75, 3.05) is 13.2 Å². The summed E-state index contributed by atoms with van der Waals surface area (Å²) >= 11 is 3.42. The number of hydrogen-bond acceptors (Lipinski definition) is 4. The Kier molecular flexibility index (Phi) is 4.26. The molecule has 2 heterocycles. The summed E-state index contributed by atoms with van der Waals surface area (Å²) in [6.07, 6.45) is 0. The first kappa shape index (κ1) is 16.8. The number of phenolic OH excluding ortho intramolecular Hbond substituents is 1. The molecule has 4 rings (SSSR count). The van der Waals surface area contributed by atoms with Gasteiger partial charge in [-0.05, 0) is 29.8 Å². The van der Waals surface area contributed by atoms with Gasteiger partial charge >= 0.3 is 0 Å². The van der Waals surface area contributed by atoms with Gasteiger partial charge in [0.25, 0.3) is 5.91 Å². The second-order valence-electron chi connectivity index (χ2n) is 6.05. The van der Waals surface area contributed by atoms with Gasteiger partial charge in [0.2, 0.25) is 0 Å². The van der Waals surface area contributed by atoms with Gasteiger partial charge in [-0.2, -0.15) is 5.10 Å². The first-order valence-electron chi connectivity index (χ1n) is 8.15. The maximum atomic E-state index is 12.8. The standard InChI is InChI=1S/C19H16BrN3O3/c20-12-7-5-11(6-8-12)18-15-16(13-3-1-2-4-14(13)25)21-22-17(15)19(26)23(18)9-10-24/h1-8,18,24-25H,9-10H2,(H,21,22). The van der Waals surface area contributed by atoms with Crippen LogP contribution in [0.3, 0.4) is 0 Å². The number of fused-ring (bicyclic) bond motifs is 1. The van der Waals surface area contributed by atoms with Crippen molar-refractivity contribution < 1.29 is 15.0 Å². The maximum Gasteiger partial charge on any atom is 0.273 e. The van der Waals surface area contributed by atoms with Gasteiger partial charge in [0.1, 0.15) is 17.1 Å². The lowest BCUT2D eigenvalue weighted by atomic mass is 9.96. The minimum atomic E-state index is -0.383. The number of amides is 1. The highest BCUT2D eigenvalue weighted by Crippen LogP contribution is 2.44. The zero-order valence-corrected chi connectivity index (χ0v) is 15.3. The number of carbonyl (C=O) groups is 1. The Hall–Kier alpha value is -2.64. The van der Waals surface area contributed by atoms with E-state index in [0.717, 1.165) is 10.0 Å². The number of β-amino-alcohol motifs (C(OH)–C–C–N with tert-alkyl or cyclic N) is 1. The number of nitrogens with one attached hydrogen (secondary N) is 1. The molecule has 26 heavy (non-hydrogen) atoms. The fourth-order valence-electron chi connectivity index (χ4n) is 3.41. The number of aromatic nitrogens is 2. The largest absolute Gasteiger partial charge is 0.507 e. The number of aromatic hydroxyl groups is 1. The van der Waals surface area contributed by atoms with Crippen molar-refractivity contribution in [2.45, 2.75) is 6.04 Å². The zero-order valence-electron chi connectivity index (χ0n) is 13.7. The lowest BCUT2D eigenvalue weighted by Crippen LogP contribution is -2.32. The fraction of sp³-hybridized carbons (Fsp3) is 0.158. The van der Waals surface area contributed by atoms with E-state index < -0.39 is 0 Å². The summed E-state index contributed by atoms with van der Waals surface area (Å²) in [5.74, 6) is -0.111. The first-order chi connectivity index (χ1) is 12.6. The van der Waals surface area contributed by atoms with E-state index in [1.807, 2.05) is 30.3 Å². The number of carbonyl (C=O) groups excluding carboxylic acids is 1. The molecule has 3 aromatic rings. The van der Waals surface area contributed by atoms with Crippen molar-refractivity contribution in [2.24, 2.45) is 0 Å². The number of benzene rings is 2. The third-order valence-electron chi connectivity index (χ3n) is 4.55. The van der Waals surface area contributed by atoms with Crippen molar-refractivity contribution in [3.63, 3.8) is 0 Å². The topological polar surface area (TPSA) is 89.5 Å². The van der Waals surface area contributed by atoms with E-state index in [9.17, 15) is 15.0 Å². The zero-order chi connectivity index (χ0) is 18.3. The molecule has 3 N–H and O–H groups in total. The predicted molar refractivity (Wildman–Crippen MR) is 99.8 cm³/mol. The summed E-state index contributed by atoms with van der Waals surface area (Å²) < 4.78 is 0.938. The molecule has 0 aliphatic carbocycles. The molecule has 7 heteroatoms. The Morgan fingerprint density at radius 3 is 2.58 bits per heavy atom. The molecule has 1 atom stereocenters. The maximum absolute atomic E-state index is 12.8. The molecule has 2 aromatic carbocycles. The van der Waals surface area contributed by atoms with Gasteiger partial charge in [-0.3, -0.25) is 9.89 Å². The van der Waals surface area contributed by atoms with Crippen LogP contribution in [0.2, 0.25) is 0 Å². The lowest BCUT2D eigenvalue weighted by molar-refractivity contribution is 0.0706. The summed E-state index contributed by atoms with van der Waals surface area (Å²) in [7, 11) is 0. The fourth-order valence-corrected chi connectivity index (χ4v) is 3.67. The van der Waals surface area contributed by atoms with Crippen LogP contribution in [0.1, 0.15) is 27.7 Å². The van der Waals surface area contributed by atoms with Crippen LogP contribution in [0.25, 0.3) is 11.3 Å². The minimum Gasteiger partial charge on any atom is -0.507 e. The lowest BCUT2D eigenvalue weighted by Gasteiger charge is -2.25. The van der Waals surface area contributed by atoms with E-state index in [4.69, 9.17) is 0 Å². The number of halogens is 1. The third-order valence-corrected chi connectivity index (χ3v) is 5.08. The second-order valence-corrected chi connectivity index (χ2v) is 6.97. The van der Waals surface area contributed by atoms with Crippen molar-refractivity contribution >= 4 is 21.8 Å². The highest BCUT2D eigenvalue weighted by atomic mass is 79.9. The second kappa shape index (κ2) is 6.59. The normalized spacial score (nSPS) is 16.2. The highest BCUT2D eigenvalue weighted by molar-refractivity contribution is 9.10. The summed E-state index contributed by atoms with van der Waals surface area (Å²) in [5.41, 5.74) is 3.12. The summed E-state index contributed by atoms with van der Waals surface area (Å²) in [6.45, 7) is 0.0741. The van der Waals surface area contributed by atoms with E-state index >= 15 is 0 Å². The molecule has 0 saturated heterocycles. The summed E-state index contributed by atoms with van der Waals surface area (Å²) in [4.78, 5) is 14.5.